The lowest BCUT2D eigenvalue weighted by Gasteiger charge is -2.17. The molecule has 3 aromatic rings. The normalized spacial score (nSPS) is 11.6. The van der Waals surface area contributed by atoms with Gasteiger partial charge in [-0.3, -0.25) is 15.3 Å². The highest BCUT2D eigenvalue weighted by Gasteiger charge is 2.33. The lowest BCUT2D eigenvalue weighted by atomic mass is 9.91. The average Bonchev–Trinajstić information content (AvgIpc) is 3.08. The molecule has 6 nitrogen and oxygen atoms in total. The van der Waals surface area contributed by atoms with Crippen LogP contribution in [-0.2, 0) is 0 Å². The van der Waals surface area contributed by atoms with Crippen molar-refractivity contribution < 1.29 is 0 Å². The van der Waals surface area contributed by atoms with Crippen molar-refractivity contribution in [3.63, 3.8) is 0 Å². The summed E-state index contributed by atoms with van der Waals surface area (Å²) >= 11 is 21.0. The van der Waals surface area contributed by atoms with E-state index in [4.69, 9.17) is 0 Å². The lowest BCUT2D eigenvalue weighted by Crippen LogP contribution is -2.05. The monoisotopic (exact) mass is 682 g/mol. The van der Waals surface area contributed by atoms with E-state index < -0.39 is 0 Å². The van der Waals surface area contributed by atoms with Gasteiger partial charge in [0.2, 0.25) is 0 Å². The van der Waals surface area contributed by atoms with E-state index in [2.05, 4.69) is 126 Å². The summed E-state index contributed by atoms with van der Waals surface area (Å²) in [6, 6.07) is 0. The van der Waals surface area contributed by atoms with Crippen LogP contribution in [0.3, 0.4) is 0 Å². The molecule has 0 saturated heterocycles. The van der Waals surface area contributed by atoms with Crippen molar-refractivity contribution in [3.8, 4) is 0 Å². The number of hydrogen-bond donors (Lipinski definition) is 3. The second-order valence-corrected chi connectivity index (χ2v) is 8.79. The van der Waals surface area contributed by atoms with Crippen molar-refractivity contribution in [3.05, 3.63) is 44.3 Å². The molecule has 0 aliphatic carbocycles. The molecule has 0 radical (unpaired) electrons. The maximum atomic E-state index is 4.20. The van der Waals surface area contributed by atoms with Gasteiger partial charge in [0.1, 0.15) is 27.6 Å². The number of aromatic nitrogens is 6. The van der Waals surface area contributed by atoms with Crippen LogP contribution in [0.4, 0.5) is 0 Å². The molecule has 12 heteroatoms. The molecule has 0 spiro atoms. The quantitative estimate of drug-likeness (QED) is 0.335. The zero-order chi connectivity index (χ0) is 16.0. The summed E-state index contributed by atoms with van der Waals surface area (Å²) in [6.45, 7) is 0. The fraction of sp³-hybridized carbons (Fsp3) is 0.100. The summed E-state index contributed by atoms with van der Waals surface area (Å²) in [5.41, 5.74) is 2.77. The van der Waals surface area contributed by atoms with Gasteiger partial charge in [-0.25, -0.2) is 0 Å². The van der Waals surface area contributed by atoms with Gasteiger partial charge in [-0.15, -0.1) is 0 Å². The smallest absolute Gasteiger partial charge is 0.133 e. The maximum absolute atomic E-state index is 4.20. The molecular weight excluding hydrogens is 684 g/mol. The van der Waals surface area contributed by atoms with E-state index in [0.29, 0.717) is 13.8 Å². The fourth-order valence-corrected chi connectivity index (χ4v) is 5.96. The van der Waals surface area contributed by atoms with Crippen molar-refractivity contribution >= 4 is 95.6 Å². The Labute approximate surface area is 174 Å². The molecule has 0 fully saturated rings. The van der Waals surface area contributed by atoms with Crippen molar-refractivity contribution in [2.75, 3.05) is 0 Å². The average molecular weight is 688 g/mol. The fourth-order valence-electron chi connectivity index (χ4n) is 2.10. The van der Waals surface area contributed by atoms with Crippen LogP contribution < -0.4 is 0 Å². The molecule has 3 N–H and O–H groups in total. The number of H-pyrrole nitrogens is 3. The first-order chi connectivity index (χ1) is 10.4. The summed E-state index contributed by atoms with van der Waals surface area (Å²) in [4.78, 5) is 0. The highest BCUT2D eigenvalue weighted by atomic mass is 79.9. The number of nitrogens with one attached hydrogen (secondary N) is 3. The third kappa shape index (κ3) is 2.94. The highest BCUT2D eigenvalue weighted by Crippen LogP contribution is 2.47. The van der Waals surface area contributed by atoms with Crippen LogP contribution in [0.15, 0.2) is 27.6 Å². The van der Waals surface area contributed by atoms with Crippen LogP contribution in [-0.4, -0.2) is 30.6 Å². The van der Waals surface area contributed by atoms with Crippen molar-refractivity contribution in [2.45, 2.75) is 5.92 Å². The second kappa shape index (κ2) is 6.79. The summed E-state index contributed by atoms with van der Waals surface area (Å²) < 4.78 is 4.40. The number of rotatable bonds is 3. The van der Waals surface area contributed by atoms with Crippen LogP contribution in [0.1, 0.15) is 22.6 Å². The summed E-state index contributed by atoms with van der Waals surface area (Å²) in [5, 5.41) is 21.3. The van der Waals surface area contributed by atoms with Gasteiger partial charge in [0, 0.05) is 16.7 Å². The third-order valence-electron chi connectivity index (χ3n) is 3.00. The topological polar surface area (TPSA) is 86.0 Å². The number of halogens is 6. The zero-order valence-corrected chi connectivity index (χ0v) is 19.7. The van der Waals surface area contributed by atoms with E-state index in [-0.39, 0.29) is 5.92 Å². The molecule has 116 valence electrons. The van der Waals surface area contributed by atoms with Crippen LogP contribution in [0.5, 0.6) is 0 Å². The molecule has 3 aromatic heterocycles. The van der Waals surface area contributed by atoms with Crippen molar-refractivity contribution in [2.24, 2.45) is 0 Å². The number of aromatic amines is 3. The van der Waals surface area contributed by atoms with Gasteiger partial charge in [-0.1, -0.05) is 0 Å². The molecule has 22 heavy (non-hydrogen) atoms. The Bertz CT molecular complexity index is 667. The SMILES string of the molecule is Brc1n[nH]c(Br)c1C(c1c(Br)n[nH]c1Br)c1c(Br)n[nH]c1Br. The molecule has 0 saturated carbocycles. The standard InChI is InChI=1S/C10H4Br6N6/c11-5-2(6(12)18-17-5)1(3-7(13)19-20-8(3)14)4-9(15)21-22-10(4)16/h1H,(H,17,18)(H,19,20)(H,21,22). The Balaban J connectivity index is 2.34. The molecule has 0 atom stereocenters. The summed E-state index contributed by atoms with van der Waals surface area (Å²) in [6.07, 6.45) is 0. The van der Waals surface area contributed by atoms with Gasteiger partial charge >= 0.3 is 0 Å². The van der Waals surface area contributed by atoms with E-state index in [1.165, 1.54) is 0 Å². The van der Waals surface area contributed by atoms with Gasteiger partial charge in [-0.2, -0.15) is 15.3 Å². The third-order valence-corrected chi connectivity index (χ3v) is 6.63. The van der Waals surface area contributed by atoms with Crippen LogP contribution in [0.25, 0.3) is 0 Å². The van der Waals surface area contributed by atoms with Crippen LogP contribution in [0.2, 0.25) is 0 Å². The van der Waals surface area contributed by atoms with Gasteiger partial charge in [0.15, 0.2) is 0 Å². The maximum Gasteiger partial charge on any atom is 0.133 e. The minimum Gasteiger partial charge on any atom is -0.270 e. The molecule has 0 unspecified atom stereocenters. The Kier molecular flexibility index (Phi) is 5.35. The molecule has 0 amide bonds. The first-order valence-corrected chi connectivity index (χ1v) is 10.3. The minimum absolute atomic E-state index is 0.201. The predicted molar refractivity (Wildman–Crippen MR) is 103 cm³/mol. The van der Waals surface area contributed by atoms with E-state index >= 15 is 0 Å². The summed E-state index contributed by atoms with van der Waals surface area (Å²) in [7, 11) is 0. The first kappa shape index (κ1) is 17.3. The lowest BCUT2D eigenvalue weighted by molar-refractivity contribution is 0.941. The highest BCUT2D eigenvalue weighted by molar-refractivity contribution is 9.11. The second-order valence-electron chi connectivity index (χ2n) is 4.16. The van der Waals surface area contributed by atoms with Crippen molar-refractivity contribution in [1.29, 1.82) is 0 Å². The van der Waals surface area contributed by atoms with Gasteiger partial charge in [-0.05, 0) is 95.6 Å². The molecule has 0 aliphatic heterocycles. The Morgan fingerprint density at radius 2 is 0.818 bits per heavy atom. The Hall–Kier alpha value is 0.510. The van der Waals surface area contributed by atoms with E-state index in [9.17, 15) is 0 Å². The minimum atomic E-state index is -0.201. The Morgan fingerprint density at radius 1 is 0.545 bits per heavy atom. The van der Waals surface area contributed by atoms with Crippen LogP contribution in [0, 0.1) is 0 Å². The molecular formula is C10H4Br6N6. The Morgan fingerprint density at radius 3 is 1.00 bits per heavy atom. The van der Waals surface area contributed by atoms with Gasteiger partial charge in [0.05, 0.1) is 5.92 Å². The van der Waals surface area contributed by atoms with E-state index in [1.807, 2.05) is 0 Å². The largest absolute Gasteiger partial charge is 0.270 e. The van der Waals surface area contributed by atoms with Crippen molar-refractivity contribution in [1.82, 2.24) is 30.6 Å². The summed E-state index contributed by atoms with van der Waals surface area (Å²) in [5.74, 6) is -0.201. The molecule has 3 rings (SSSR count). The van der Waals surface area contributed by atoms with E-state index in [1.54, 1.807) is 0 Å². The van der Waals surface area contributed by atoms with E-state index in [0.717, 1.165) is 30.5 Å². The van der Waals surface area contributed by atoms with Crippen LogP contribution >= 0.6 is 95.6 Å². The molecule has 0 aliphatic rings. The van der Waals surface area contributed by atoms with Gasteiger partial charge < -0.3 is 0 Å². The molecule has 0 aromatic carbocycles. The first-order valence-electron chi connectivity index (χ1n) is 5.59. The number of nitrogens with zero attached hydrogens (tertiary/aromatic N) is 3. The molecule has 3 heterocycles. The van der Waals surface area contributed by atoms with Gasteiger partial charge in [0.25, 0.3) is 0 Å². The number of hydrogen-bond acceptors (Lipinski definition) is 3. The predicted octanol–water partition coefficient (Wildman–Crippen LogP) is 5.61. The zero-order valence-electron chi connectivity index (χ0n) is 10.2. The molecule has 0 bridgehead atoms.